The van der Waals surface area contributed by atoms with Gasteiger partial charge >= 0.3 is 12.1 Å². The number of likely N-dealkylation sites (tertiary alicyclic amines) is 1. The van der Waals surface area contributed by atoms with Crippen LogP contribution < -0.4 is 0 Å². The van der Waals surface area contributed by atoms with Crippen molar-refractivity contribution in [2.75, 3.05) is 6.61 Å². The SMILES string of the molecule is CC(C)(C)OC(=O)N1[C@H](CO[Si](C)(C)C(C)(C)C)C[C@]1(C)C(=O)OCc1ccccc1. The Morgan fingerprint density at radius 3 is 2.19 bits per heavy atom. The van der Waals surface area contributed by atoms with Crippen LogP contribution in [-0.4, -0.2) is 49.1 Å². The van der Waals surface area contributed by atoms with Gasteiger partial charge in [-0.05, 0) is 51.4 Å². The summed E-state index contributed by atoms with van der Waals surface area (Å²) in [5, 5.41) is 0.0609. The van der Waals surface area contributed by atoms with Crippen molar-refractivity contribution in [2.45, 2.75) is 96.8 Å². The highest BCUT2D eigenvalue weighted by atomic mass is 28.4. The summed E-state index contributed by atoms with van der Waals surface area (Å²) in [6.07, 6.45) is -0.0316. The van der Waals surface area contributed by atoms with E-state index >= 15 is 0 Å². The maximum Gasteiger partial charge on any atom is 0.411 e. The molecule has 7 heteroatoms. The summed E-state index contributed by atoms with van der Waals surface area (Å²) in [6.45, 7) is 18.6. The molecule has 2 rings (SSSR count). The van der Waals surface area contributed by atoms with Gasteiger partial charge in [0.1, 0.15) is 17.7 Å². The van der Waals surface area contributed by atoms with Crippen molar-refractivity contribution in [2.24, 2.45) is 0 Å². The predicted octanol–water partition coefficient (Wildman–Crippen LogP) is 5.52. The maximum absolute atomic E-state index is 13.0. The molecule has 1 fully saturated rings. The monoisotopic (exact) mass is 449 g/mol. The number of carbonyl (C=O) groups is 2. The van der Waals surface area contributed by atoms with Crippen molar-refractivity contribution in [3.63, 3.8) is 0 Å². The fourth-order valence-corrected chi connectivity index (χ4v) is 4.36. The minimum atomic E-state index is -1.99. The van der Waals surface area contributed by atoms with Crippen molar-refractivity contribution in [1.29, 1.82) is 0 Å². The fraction of sp³-hybridized carbons (Fsp3) is 0.667. The molecule has 0 N–H and O–H groups in total. The predicted molar refractivity (Wildman–Crippen MR) is 124 cm³/mol. The van der Waals surface area contributed by atoms with Gasteiger partial charge in [-0.2, -0.15) is 0 Å². The van der Waals surface area contributed by atoms with E-state index in [1.54, 1.807) is 6.92 Å². The molecule has 1 amide bonds. The number of benzene rings is 1. The smallest absolute Gasteiger partial charge is 0.411 e. The molecule has 1 aromatic carbocycles. The lowest BCUT2D eigenvalue weighted by atomic mass is 9.80. The van der Waals surface area contributed by atoms with Crippen LogP contribution in [0.2, 0.25) is 18.1 Å². The number of hydrogen-bond donors (Lipinski definition) is 0. The van der Waals surface area contributed by atoms with Gasteiger partial charge in [0.2, 0.25) is 0 Å². The third kappa shape index (κ3) is 6.10. The minimum absolute atomic E-state index is 0.0609. The molecular formula is C24H39NO5Si. The number of esters is 1. The lowest BCUT2D eigenvalue weighted by molar-refractivity contribution is -0.174. The number of hydrogen-bond acceptors (Lipinski definition) is 5. The zero-order valence-electron chi connectivity index (χ0n) is 20.6. The normalized spacial score (nSPS) is 22.0. The maximum atomic E-state index is 13.0. The second-order valence-corrected chi connectivity index (χ2v) is 15.9. The Kier molecular flexibility index (Phi) is 7.33. The van der Waals surface area contributed by atoms with Crippen molar-refractivity contribution in [3.05, 3.63) is 35.9 Å². The van der Waals surface area contributed by atoms with Crippen LogP contribution >= 0.6 is 0 Å². The van der Waals surface area contributed by atoms with Crippen LogP contribution in [-0.2, 0) is 25.3 Å². The fourth-order valence-electron chi connectivity index (χ4n) is 3.32. The summed E-state index contributed by atoms with van der Waals surface area (Å²) < 4.78 is 17.5. The lowest BCUT2D eigenvalue weighted by Gasteiger charge is -2.54. The highest BCUT2D eigenvalue weighted by Crippen LogP contribution is 2.42. The van der Waals surface area contributed by atoms with Gasteiger partial charge < -0.3 is 13.9 Å². The van der Waals surface area contributed by atoms with Gasteiger partial charge in [0.05, 0.1) is 12.6 Å². The molecule has 1 heterocycles. The number of rotatable bonds is 6. The zero-order chi connectivity index (χ0) is 23.7. The average molecular weight is 450 g/mol. The Morgan fingerprint density at radius 2 is 1.68 bits per heavy atom. The lowest BCUT2D eigenvalue weighted by Crippen LogP contribution is -2.72. The molecule has 31 heavy (non-hydrogen) atoms. The first-order chi connectivity index (χ1) is 14.1. The van der Waals surface area contributed by atoms with E-state index < -0.39 is 31.5 Å². The van der Waals surface area contributed by atoms with Crippen molar-refractivity contribution >= 4 is 20.4 Å². The second-order valence-electron chi connectivity index (χ2n) is 11.1. The van der Waals surface area contributed by atoms with Crippen molar-refractivity contribution < 1.29 is 23.5 Å². The molecular weight excluding hydrogens is 410 g/mol. The molecule has 1 aliphatic rings. The van der Waals surface area contributed by atoms with E-state index in [4.69, 9.17) is 13.9 Å². The first-order valence-corrected chi connectivity index (χ1v) is 13.9. The first-order valence-electron chi connectivity index (χ1n) is 10.9. The van der Waals surface area contributed by atoms with E-state index in [-0.39, 0.29) is 17.7 Å². The van der Waals surface area contributed by atoms with Crippen LogP contribution in [0.15, 0.2) is 30.3 Å². The Hall–Kier alpha value is -1.86. The van der Waals surface area contributed by atoms with Crippen LogP contribution in [0.3, 0.4) is 0 Å². The molecule has 1 aromatic rings. The van der Waals surface area contributed by atoms with Gasteiger partial charge in [-0.1, -0.05) is 51.1 Å². The molecule has 0 aliphatic carbocycles. The third-order valence-electron chi connectivity index (χ3n) is 6.22. The molecule has 0 bridgehead atoms. The van der Waals surface area contributed by atoms with Gasteiger partial charge in [-0.15, -0.1) is 0 Å². The van der Waals surface area contributed by atoms with Gasteiger partial charge in [-0.3, -0.25) is 4.90 Å². The highest BCUT2D eigenvalue weighted by molar-refractivity contribution is 6.74. The van der Waals surface area contributed by atoms with Gasteiger partial charge in [0.15, 0.2) is 8.32 Å². The van der Waals surface area contributed by atoms with Gasteiger partial charge in [-0.25, -0.2) is 9.59 Å². The van der Waals surface area contributed by atoms with Crippen LogP contribution in [0.25, 0.3) is 0 Å². The van der Waals surface area contributed by atoms with E-state index in [1.165, 1.54) is 4.90 Å². The summed E-state index contributed by atoms with van der Waals surface area (Å²) in [7, 11) is -1.99. The number of ether oxygens (including phenoxy) is 2. The number of amides is 1. The summed E-state index contributed by atoms with van der Waals surface area (Å²) in [6, 6.07) is 9.29. The summed E-state index contributed by atoms with van der Waals surface area (Å²) in [4.78, 5) is 27.5. The Bertz CT molecular complexity index is 781. The summed E-state index contributed by atoms with van der Waals surface area (Å²) in [5.41, 5.74) is -0.828. The molecule has 0 radical (unpaired) electrons. The highest BCUT2D eigenvalue weighted by Gasteiger charge is 2.58. The Balaban J connectivity index is 2.14. The molecule has 2 atom stereocenters. The molecule has 0 spiro atoms. The molecule has 0 aromatic heterocycles. The van der Waals surface area contributed by atoms with Gasteiger partial charge in [0.25, 0.3) is 0 Å². The molecule has 0 unspecified atom stereocenters. The standard InChI is InChI=1S/C24H39NO5Si/c1-22(2,3)30-21(27)25-19(17-29-31(8,9)23(4,5)6)15-24(25,7)20(26)28-16-18-13-11-10-12-14-18/h10-14,19H,15-17H2,1-9H3/t19-,24+/m0/s1. The molecule has 1 saturated heterocycles. The van der Waals surface area contributed by atoms with Gasteiger partial charge in [0, 0.05) is 6.42 Å². The molecule has 0 saturated carbocycles. The molecule has 6 nitrogen and oxygen atoms in total. The topological polar surface area (TPSA) is 65.1 Å². The van der Waals surface area contributed by atoms with E-state index in [1.807, 2.05) is 51.1 Å². The van der Waals surface area contributed by atoms with E-state index in [0.29, 0.717) is 13.0 Å². The van der Waals surface area contributed by atoms with Crippen LogP contribution in [0.4, 0.5) is 4.79 Å². The second kappa shape index (κ2) is 8.94. The van der Waals surface area contributed by atoms with Crippen LogP contribution in [0.1, 0.15) is 60.5 Å². The first kappa shape index (κ1) is 25.4. The van der Waals surface area contributed by atoms with Crippen molar-refractivity contribution in [1.82, 2.24) is 4.90 Å². The Labute approximate surface area is 188 Å². The molecule has 1 aliphatic heterocycles. The Morgan fingerprint density at radius 1 is 1.10 bits per heavy atom. The quantitative estimate of drug-likeness (QED) is 0.423. The number of carbonyl (C=O) groups excluding carboxylic acids is 2. The third-order valence-corrected chi connectivity index (χ3v) is 10.7. The molecule has 174 valence electrons. The van der Waals surface area contributed by atoms with Crippen LogP contribution in [0, 0.1) is 0 Å². The van der Waals surface area contributed by atoms with E-state index in [0.717, 1.165) is 5.56 Å². The van der Waals surface area contributed by atoms with Crippen molar-refractivity contribution in [3.8, 4) is 0 Å². The zero-order valence-corrected chi connectivity index (χ0v) is 21.6. The number of nitrogens with zero attached hydrogens (tertiary/aromatic N) is 1. The average Bonchev–Trinajstić information content (AvgIpc) is 2.60. The van der Waals surface area contributed by atoms with E-state index in [2.05, 4.69) is 33.9 Å². The summed E-state index contributed by atoms with van der Waals surface area (Å²) >= 11 is 0. The van der Waals surface area contributed by atoms with Crippen LogP contribution in [0.5, 0.6) is 0 Å². The van der Waals surface area contributed by atoms with E-state index in [9.17, 15) is 9.59 Å². The largest absolute Gasteiger partial charge is 0.459 e. The summed E-state index contributed by atoms with van der Waals surface area (Å²) in [5.74, 6) is -0.425. The minimum Gasteiger partial charge on any atom is -0.459 e.